The highest BCUT2D eigenvalue weighted by Gasteiger charge is 2.09. The van der Waals surface area contributed by atoms with Gasteiger partial charge in [0.2, 0.25) is 0 Å². The molecule has 2 N–H and O–H groups in total. The molecule has 0 fully saturated rings. The van der Waals surface area contributed by atoms with E-state index < -0.39 is 0 Å². The van der Waals surface area contributed by atoms with Crippen LogP contribution in [-0.2, 0) is 6.42 Å². The molecular weight excluding hydrogens is 398 g/mol. The maximum absolute atomic E-state index is 12.1. The number of nitrogens with one attached hydrogen (secondary N) is 2. The van der Waals surface area contributed by atoms with Crippen LogP contribution in [0.15, 0.2) is 65.3 Å². The SMILES string of the molecule is O=C(Nc1ccc(Cc2nc3ccccc3s2)cc1)c1cc(Br)c[nH]1. The van der Waals surface area contributed by atoms with Gasteiger partial charge in [-0.2, -0.15) is 0 Å². The van der Waals surface area contributed by atoms with Gasteiger partial charge in [-0.15, -0.1) is 11.3 Å². The molecule has 4 nitrogen and oxygen atoms in total. The van der Waals surface area contributed by atoms with Gasteiger partial charge in [0.25, 0.3) is 5.91 Å². The van der Waals surface area contributed by atoms with Crippen molar-refractivity contribution < 1.29 is 4.79 Å². The maximum Gasteiger partial charge on any atom is 0.272 e. The highest BCUT2D eigenvalue weighted by atomic mass is 79.9. The fourth-order valence-electron chi connectivity index (χ4n) is 2.57. The number of H-pyrrole nitrogens is 1. The monoisotopic (exact) mass is 411 g/mol. The predicted octanol–water partition coefficient (Wildman–Crippen LogP) is 5.23. The number of para-hydroxylation sites is 1. The molecule has 0 spiro atoms. The largest absolute Gasteiger partial charge is 0.356 e. The second-order valence-corrected chi connectivity index (χ2v) is 7.67. The minimum absolute atomic E-state index is 0.162. The minimum atomic E-state index is -0.162. The van der Waals surface area contributed by atoms with Crippen molar-refractivity contribution in [2.24, 2.45) is 0 Å². The van der Waals surface area contributed by atoms with Crippen LogP contribution in [0.2, 0.25) is 0 Å². The Labute approximate surface area is 157 Å². The summed E-state index contributed by atoms with van der Waals surface area (Å²) in [5, 5.41) is 3.97. The van der Waals surface area contributed by atoms with Crippen molar-refractivity contribution in [3.8, 4) is 0 Å². The third-order valence-electron chi connectivity index (χ3n) is 3.80. The van der Waals surface area contributed by atoms with Crippen molar-refractivity contribution in [1.29, 1.82) is 0 Å². The number of rotatable bonds is 4. The summed E-state index contributed by atoms with van der Waals surface area (Å²) in [4.78, 5) is 19.7. The Bertz CT molecular complexity index is 1000. The molecule has 0 aliphatic rings. The first kappa shape index (κ1) is 16.1. The number of thiazole rings is 1. The number of benzene rings is 2. The predicted molar refractivity (Wildman–Crippen MR) is 105 cm³/mol. The van der Waals surface area contributed by atoms with E-state index in [0.29, 0.717) is 5.69 Å². The first-order valence-corrected chi connectivity index (χ1v) is 9.37. The van der Waals surface area contributed by atoms with Crippen LogP contribution in [0.25, 0.3) is 10.2 Å². The summed E-state index contributed by atoms with van der Waals surface area (Å²) in [5.74, 6) is -0.162. The third kappa shape index (κ3) is 3.65. The Balaban J connectivity index is 1.45. The zero-order chi connectivity index (χ0) is 17.2. The van der Waals surface area contributed by atoms with Crippen LogP contribution >= 0.6 is 27.3 Å². The first-order valence-electron chi connectivity index (χ1n) is 7.76. The standard InChI is InChI=1S/C19H14BrN3OS/c20-13-10-16(21-11-13)19(24)22-14-7-5-12(6-8-14)9-18-23-15-3-1-2-4-17(15)25-18/h1-8,10-11,21H,9H2,(H,22,24). The number of fused-ring (bicyclic) bond motifs is 1. The molecule has 0 aliphatic heterocycles. The molecular formula is C19H14BrN3OS. The molecule has 4 rings (SSSR count). The van der Waals surface area contributed by atoms with Crippen molar-refractivity contribution in [2.75, 3.05) is 5.32 Å². The number of carbonyl (C=O) groups is 1. The van der Waals surface area contributed by atoms with Crippen LogP contribution in [0.4, 0.5) is 5.69 Å². The van der Waals surface area contributed by atoms with Gasteiger partial charge in [0, 0.05) is 22.8 Å². The molecule has 2 aromatic carbocycles. The molecule has 0 unspecified atom stereocenters. The Morgan fingerprint density at radius 3 is 2.68 bits per heavy atom. The van der Waals surface area contributed by atoms with Crippen LogP contribution in [0.1, 0.15) is 21.1 Å². The Kier molecular flexibility index (Phi) is 4.38. The highest BCUT2D eigenvalue weighted by molar-refractivity contribution is 9.10. The second kappa shape index (κ2) is 6.82. The number of hydrogen-bond donors (Lipinski definition) is 2. The third-order valence-corrected chi connectivity index (χ3v) is 5.29. The van der Waals surface area contributed by atoms with Crippen LogP contribution in [0.5, 0.6) is 0 Å². The summed E-state index contributed by atoms with van der Waals surface area (Å²) in [7, 11) is 0. The number of carbonyl (C=O) groups excluding carboxylic acids is 1. The Morgan fingerprint density at radius 1 is 1.16 bits per heavy atom. The number of aromatic amines is 1. The summed E-state index contributed by atoms with van der Waals surface area (Å²) in [5.41, 5.74) is 3.50. The molecule has 0 atom stereocenters. The first-order chi connectivity index (χ1) is 12.2. The van der Waals surface area contributed by atoms with E-state index in [1.54, 1.807) is 23.6 Å². The molecule has 0 bridgehead atoms. The normalized spacial score (nSPS) is 10.9. The number of halogens is 1. The highest BCUT2D eigenvalue weighted by Crippen LogP contribution is 2.24. The topological polar surface area (TPSA) is 57.8 Å². The van der Waals surface area contributed by atoms with Crippen LogP contribution in [0, 0.1) is 0 Å². The zero-order valence-electron chi connectivity index (χ0n) is 13.1. The molecule has 0 radical (unpaired) electrons. The van der Waals surface area contributed by atoms with E-state index in [2.05, 4.69) is 37.3 Å². The molecule has 124 valence electrons. The van der Waals surface area contributed by atoms with Gasteiger partial charge < -0.3 is 10.3 Å². The fraction of sp³-hybridized carbons (Fsp3) is 0.0526. The summed E-state index contributed by atoms with van der Waals surface area (Å²) < 4.78 is 2.06. The summed E-state index contributed by atoms with van der Waals surface area (Å²) in [6.45, 7) is 0. The molecule has 0 saturated carbocycles. The van der Waals surface area contributed by atoms with Crippen LogP contribution in [-0.4, -0.2) is 15.9 Å². The van der Waals surface area contributed by atoms with Gasteiger partial charge in [0.05, 0.1) is 15.2 Å². The molecule has 1 amide bonds. The molecule has 0 aliphatic carbocycles. The van der Waals surface area contributed by atoms with Gasteiger partial charge in [-0.25, -0.2) is 4.98 Å². The van der Waals surface area contributed by atoms with E-state index in [9.17, 15) is 4.79 Å². The fourth-order valence-corrected chi connectivity index (χ4v) is 3.92. The zero-order valence-corrected chi connectivity index (χ0v) is 15.5. The van der Waals surface area contributed by atoms with Crippen LogP contribution in [0.3, 0.4) is 0 Å². The van der Waals surface area contributed by atoms with Gasteiger partial charge in [0.1, 0.15) is 5.69 Å². The van der Waals surface area contributed by atoms with Crippen molar-refractivity contribution in [1.82, 2.24) is 9.97 Å². The van der Waals surface area contributed by atoms with Crippen molar-refractivity contribution >= 4 is 49.1 Å². The van der Waals surface area contributed by atoms with Crippen molar-refractivity contribution in [3.05, 3.63) is 81.5 Å². The average Bonchev–Trinajstić information content (AvgIpc) is 3.22. The average molecular weight is 412 g/mol. The van der Waals surface area contributed by atoms with E-state index in [1.165, 1.54) is 10.3 Å². The number of anilines is 1. The van der Waals surface area contributed by atoms with E-state index in [0.717, 1.165) is 27.1 Å². The molecule has 0 saturated heterocycles. The summed E-state index contributed by atoms with van der Waals surface area (Å²) in [6, 6.07) is 17.8. The lowest BCUT2D eigenvalue weighted by atomic mass is 10.1. The lowest BCUT2D eigenvalue weighted by Gasteiger charge is -2.05. The molecule has 2 aromatic heterocycles. The van der Waals surface area contributed by atoms with E-state index >= 15 is 0 Å². The molecule has 2 heterocycles. The summed E-state index contributed by atoms with van der Waals surface area (Å²) >= 11 is 5.04. The van der Waals surface area contributed by atoms with Crippen LogP contribution < -0.4 is 5.32 Å². The lowest BCUT2D eigenvalue weighted by molar-refractivity contribution is 0.102. The number of amides is 1. The van der Waals surface area contributed by atoms with E-state index in [-0.39, 0.29) is 5.91 Å². The molecule has 25 heavy (non-hydrogen) atoms. The van der Waals surface area contributed by atoms with Crippen molar-refractivity contribution in [2.45, 2.75) is 6.42 Å². The maximum atomic E-state index is 12.1. The van der Waals surface area contributed by atoms with Gasteiger partial charge in [-0.1, -0.05) is 24.3 Å². The van der Waals surface area contributed by atoms with Gasteiger partial charge in [0.15, 0.2) is 0 Å². The molecule has 4 aromatic rings. The number of hydrogen-bond acceptors (Lipinski definition) is 3. The van der Waals surface area contributed by atoms with E-state index in [1.807, 2.05) is 42.5 Å². The quantitative estimate of drug-likeness (QED) is 0.482. The van der Waals surface area contributed by atoms with Gasteiger partial charge >= 0.3 is 0 Å². The number of aromatic nitrogens is 2. The van der Waals surface area contributed by atoms with Gasteiger partial charge in [-0.3, -0.25) is 4.79 Å². The van der Waals surface area contributed by atoms with Gasteiger partial charge in [-0.05, 0) is 51.8 Å². The minimum Gasteiger partial charge on any atom is -0.356 e. The lowest BCUT2D eigenvalue weighted by Crippen LogP contribution is -2.12. The Hall–Kier alpha value is -2.44. The second-order valence-electron chi connectivity index (χ2n) is 5.63. The smallest absolute Gasteiger partial charge is 0.272 e. The number of nitrogens with zero attached hydrogens (tertiary/aromatic N) is 1. The Morgan fingerprint density at radius 2 is 1.96 bits per heavy atom. The summed E-state index contributed by atoms with van der Waals surface area (Å²) in [6.07, 6.45) is 2.52. The van der Waals surface area contributed by atoms with E-state index in [4.69, 9.17) is 0 Å². The van der Waals surface area contributed by atoms with Crippen molar-refractivity contribution in [3.63, 3.8) is 0 Å². The molecule has 6 heteroatoms.